The summed E-state index contributed by atoms with van der Waals surface area (Å²) in [5, 5.41) is 0. The predicted molar refractivity (Wildman–Crippen MR) is 76.9 cm³/mol. The summed E-state index contributed by atoms with van der Waals surface area (Å²) in [6.07, 6.45) is 1.65. The number of hydrogen-bond acceptors (Lipinski definition) is 5. The predicted octanol–water partition coefficient (Wildman–Crippen LogP) is 2.94. The lowest BCUT2D eigenvalue weighted by atomic mass is 10.1. The first kappa shape index (κ1) is 14.1. The van der Waals surface area contributed by atoms with Gasteiger partial charge in [0.2, 0.25) is 5.75 Å². The minimum atomic E-state index is 0.598. The van der Waals surface area contributed by atoms with Crippen molar-refractivity contribution in [2.75, 3.05) is 33.3 Å². The van der Waals surface area contributed by atoms with Gasteiger partial charge in [0.05, 0.1) is 27.6 Å². The zero-order valence-electron chi connectivity index (χ0n) is 12.2. The monoisotopic (exact) mass is 277 g/mol. The van der Waals surface area contributed by atoms with Gasteiger partial charge in [0.1, 0.15) is 0 Å². The molecule has 0 saturated carbocycles. The van der Waals surface area contributed by atoms with Crippen LogP contribution in [-0.2, 0) is 6.54 Å². The fourth-order valence-electron chi connectivity index (χ4n) is 2.11. The molecule has 0 aliphatic rings. The maximum absolute atomic E-state index is 5.47. The van der Waals surface area contributed by atoms with E-state index in [-0.39, 0.29) is 0 Å². The van der Waals surface area contributed by atoms with Crippen molar-refractivity contribution in [3.8, 4) is 17.2 Å². The largest absolute Gasteiger partial charge is 0.493 e. The summed E-state index contributed by atoms with van der Waals surface area (Å²) in [6, 6.07) is 7.59. The van der Waals surface area contributed by atoms with Gasteiger partial charge in [0.25, 0.3) is 0 Å². The Morgan fingerprint density at radius 3 is 2.30 bits per heavy atom. The van der Waals surface area contributed by atoms with Crippen LogP contribution in [0.4, 0.5) is 5.88 Å². The van der Waals surface area contributed by atoms with Gasteiger partial charge in [0.15, 0.2) is 17.4 Å². The zero-order chi connectivity index (χ0) is 14.5. The molecule has 0 N–H and O–H groups in total. The normalized spacial score (nSPS) is 10.2. The van der Waals surface area contributed by atoms with Crippen LogP contribution in [0.5, 0.6) is 17.2 Å². The first-order chi connectivity index (χ1) is 9.71. The van der Waals surface area contributed by atoms with Crippen molar-refractivity contribution in [2.45, 2.75) is 6.54 Å². The molecule has 0 fully saturated rings. The molecule has 0 aliphatic carbocycles. The number of nitrogens with zero attached hydrogens (tertiary/aromatic N) is 1. The molecular formula is C15H19NO4. The number of methoxy groups -OCH3 is 3. The van der Waals surface area contributed by atoms with Crippen molar-refractivity contribution < 1.29 is 18.6 Å². The third-order valence-corrected chi connectivity index (χ3v) is 3.08. The molecule has 0 atom stereocenters. The first-order valence-electron chi connectivity index (χ1n) is 6.23. The molecule has 5 nitrogen and oxygen atoms in total. The third kappa shape index (κ3) is 2.66. The van der Waals surface area contributed by atoms with E-state index in [0.29, 0.717) is 23.8 Å². The van der Waals surface area contributed by atoms with Gasteiger partial charge in [-0.1, -0.05) is 0 Å². The minimum absolute atomic E-state index is 0.598. The molecule has 2 aromatic rings. The van der Waals surface area contributed by atoms with Crippen molar-refractivity contribution in [1.29, 1.82) is 0 Å². The van der Waals surface area contributed by atoms with Gasteiger partial charge in [-0.15, -0.1) is 0 Å². The van der Waals surface area contributed by atoms with Crippen molar-refractivity contribution in [2.24, 2.45) is 0 Å². The standard InChI is InChI=1S/C15H19NO4/c1-16(13-6-5-9-20-13)10-11-7-8-12(17-2)15(19-4)14(11)18-3/h5-9H,10H2,1-4H3. The van der Waals surface area contributed by atoms with Gasteiger partial charge in [0, 0.05) is 25.2 Å². The van der Waals surface area contributed by atoms with Gasteiger partial charge in [-0.2, -0.15) is 0 Å². The molecule has 1 aromatic carbocycles. The molecule has 20 heavy (non-hydrogen) atoms. The van der Waals surface area contributed by atoms with Crippen molar-refractivity contribution >= 4 is 5.88 Å². The van der Waals surface area contributed by atoms with E-state index in [0.717, 1.165) is 11.4 Å². The lowest BCUT2D eigenvalue weighted by molar-refractivity contribution is 0.322. The highest BCUT2D eigenvalue weighted by Gasteiger charge is 2.17. The maximum Gasteiger partial charge on any atom is 0.203 e. The van der Waals surface area contributed by atoms with Crippen LogP contribution in [0.3, 0.4) is 0 Å². The topological polar surface area (TPSA) is 44.1 Å². The number of benzene rings is 1. The van der Waals surface area contributed by atoms with Crippen LogP contribution in [0.2, 0.25) is 0 Å². The van der Waals surface area contributed by atoms with E-state index in [2.05, 4.69) is 0 Å². The van der Waals surface area contributed by atoms with Crippen LogP contribution in [-0.4, -0.2) is 28.4 Å². The molecule has 0 bridgehead atoms. The highest BCUT2D eigenvalue weighted by Crippen LogP contribution is 2.40. The number of anilines is 1. The van der Waals surface area contributed by atoms with E-state index < -0.39 is 0 Å². The van der Waals surface area contributed by atoms with E-state index in [4.69, 9.17) is 18.6 Å². The van der Waals surface area contributed by atoms with Gasteiger partial charge in [-0.3, -0.25) is 0 Å². The summed E-state index contributed by atoms with van der Waals surface area (Å²) < 4.78 is 21.5. The van der Waals surface area contributed by atoms with Gasteiger partial charge in [-0.25, -0.2) is 0 Å². The van der Waals surface area contributed by atoms with Gasteiger partial charge < -0.3 is 23.5 Å². The summed E-state index contributed by atoms with van der Waals surface area (Å²) in [6.45, 7) is 0.636. The van der Waals surface area contributed by atoms with E-state index in [1.165, 1.54) is 0 Å². The average Bonchev–Trinajstić information content (AvgIpc) is 3.00. The second-order valence-electron chi connectivity index (χ2n) is 4.30. The molecule has 2 rings (SSSR count). The Balaban J connectivity index is 2.32. The number of ether oxygens (including phenoxy) is 3. The third-order valence-electron chi connectivity index (χ3n) is 3.08. The Hall–Kier alpha value is -2.30. The van der Waals surface area contributed by atoms with Crippen molar-refractivity contribution in [1.82, 2.24) is 0 Å². The molecule has 0 amide bonds. The molecule has 108 valence electrons. The Labute approximate surface area is 118 Å². The van der Waals surface area contributed by atoms with Gasteiger partial charge >= 0.3 is 0 Å². The quantitative estimate of drug-likeness (QED) is 0.812. The molecule has 5 heteroatoms. The second-order valence-corrected chi connectivity index (χ2v) is 4.30. The molecule has 0 spiro atoms. The maximum atomic E-state index is 5.47. The highest BCUT2D eigenvalue weighted by atomic mass is 16.5. The molecular weight excluding hydrogens is 258 g/mol. The summed E-state index contributed by atoms with van der Waals surface area (Å²) in [7, 11) is 6.77. The Morgan fingerprint density at radius 2 is 1.75 bits per heavy atom. The van der Waals surface area contributed by atoms with E-state index in [1.807, 2.05) is 36.2 Å². The van der Waals surface area contributed by atoms with Crippen molar-refractivity contribution in [3.63, 3.8) is 0 Å². The molecule has 0 aliphatic heterocycles. The number of furan rings is 1. The van der Waals surface area contributed by atoms with E-state index in [9.17, 15) is 0 Å². The van der Waals surface area contributed by atoms with E-state index >= 15 is 0 Å². The molecule has 0 saturated heterocycles. The minimum Gasteiger partial charge on any atom is -0.493 e. The molecule has 0 unspecified atom stereocenters. The SMILES string of the molecule is COc1ccc(CN(C)c2ccco2)c(OC)c1OC. The average molecular weight is 277 g/mol. The van der Waals surface area contributed by atoms with E-state index in [1.54, 1.807) is 27.6 Å². The second kappa shape index (κ2) is 6.23. The summed E-state index contributed by atoms with van der Waals surface area (Å²) >= 11 is 0. The molecule has 0 radical (unpaired) electrons. The smallest absolute Gasteiger partial charge is 0.203 e. The number of hydrogen-bond donors (Lipinski definition) is 0. The number of rotatable bonds is 6. The summed E-state index contributed by atoms with van der Waals surface area (Å²) in [5.41, 5.74) is 0.990. The summed E-state index contributed by atoms with van der Waals surface area (Å²) in [4.78, 5) is 1.99. The Kier molecular flexibility index (Phi) is 4.40. The van der Waals surface area contributed by atoms with Crippen molar-refractivity contribution in [3.05, 3.63) is 36.1 Å². The van der Waals surface area contributed by atoms with Crippen LogP contribution >= 0.6 is 0 Å². The van der Waals surface area contributed by atoms with Crippen LogP contribution in [0.15, 0.2) is 34.9 Å². The lowest BCUT2D eigenvalue weighted by Crippen LogP contribution is -2.16. The van der Waals surface area contributed by atoms with Crippen LogP contribution in [0.25, 0.3) is 0 Å². The van der Waals surface area contributed by atoms with Crippen LogP contribution in [0.1, 0.15) is 5.56 Å². The van der Waals surface area contributed by atoms with Gasteiger partial charge in [-0.05, 0) is 18.2 Å². The first-order valence-corrected chi connectivity index (χ1v) is 6.23. The summed E-state index contributed by atoms with van der Waals surface area (Å²) in [5.74, 6) is 2.71. The fraction of sp³-hybridized carbons (Fsp3) is 0.333. The molecule has 1 heterocycles. The van der Waals surface area contributed by atoms with Crippen LogP contribution in [0, 0.1) is 0 Å². The Morgan fingerprint density at radius 1 is 1.00 bits per heavy atom. The molecule has 1 aromatic heterocycles. The fourth-order valence-corrected chi connectivity index (χ4v) is 2.11. The highest BCUT2D eigenvalue weighted by molar-refractivity contribution is 5.56. The lowest BCUT2D eigenvalue weighted by Gasteiger charge is -2.20. The zero-order valence-corrected chi connectivity index (χ0v) is 12.2. The Bertz CT molecular complexity index is 551. The van der Waals surface area contributed by atoms with Crippen LogP contribution < -0.4 is 19.1 Å².